The molecular formula is C19H19ClO4. The Kier molecular flexibility index (Phi) is 4.95. The van der Waals surface area contributed by atoms with Gasteiger partial charge >= 0.3 is 5.97 Å². The van der Waals surface area contributed by atoms with Crippen LogP contribution in [0.5, 0.6) is 11.5 Å². The van der Waals surface area contributed by atoms with E-state index in [1.165, 1.54) is 0 Å². The maximum atomic E-state index is 12.6. The molecule has 0 aliphatic carbocycles. The minimum atomic E-state index is -0.323. The molecule has 0 amide bonds. The van der Waals surface area contributed by atoms with E-state index < -0.39 is 0 Å². The maximum Gasteiger partial charge on any atom is 0.314 e. The zero-order valence-corrected chi connectivity index (χ0v) is 14.4. The normalized spacial score (nSPS) is 13.8. The molecule has 1 aliphatic rings. The predicted octanol–water partition coefficient (Wildman–Crippen LogP) is 4.55. The van der Waals surface area contributed by atoms with Crippen molar-refractivity contribution in [2.24, 2.45) is 5.92 Å². The first-order valence-electron chi connectivity index (χ1n) is 7.85. The van der Waals surface area contributed by atoms with Crippen LogP contribution in [0, 0.1) is 5.92 Å². The number of halogens is 1. The Hall–Kier alpha value is -2.20. The molecule has 0 N–H and O–H groups in total. The maximum absolute atomic E-state index is 12.6. The number of hydrogen-bond donors (Lipinski definition) is 0. The number of carbonyl (C=O) groups is 1. The smallest absolute Gasteiger partial charge is 0.314 e. The van der Waals surface area contributed by atoms with Gasteiger partial charge in [0, 0.05) is 5.02 Å². The van der Waals surface area contributed by atoms with Crippen molar-refractivity contribution in [2.45, 2.75) is 26.4 Å². The summed E-state index contributed by atoms with van der Waals surface area (Å²) in [4.78, 5) is 12.6. The zero-order chi connectivity index (χ0) is 17.1. The second-order valence-corrected chi connectivity index (χ2v) is 6.50. The molecule has 1 aliphatic heterocycles. The Labute approximate surface area is 146 Å². The van der Waals surface area contributed by atoms with Crippen LogP contribution in [-0.2, 0) is 16.1 Å². The van der Waals surface area contributed by atoms with E-state index in [0.717, 1.165) is 11.1 Å². The topological polar surface area (TPSA) is 44.8 Å². The summed E-state index contributed by atoms with van der Waals surface area (Å²) in [5, 5.41) is 0.648. The van der Waals surface area contributed by atoms with Crippen molar-refractivity contribution < 1.29 is 19.0 Å². The molecule has 0 saturated carbocycles. The summed E-state index contributed by atoms with van der Waals surface area (Å²) in [6, 6.07) is 12.8. The SMILES string of the molecule is CC(C)[C@@H](C(=O)OCc1ccc2c(c1)OCO2)c1ccc(Cl)cc1. The van der Waals surface area contributed by atoms with Gasteiger partial charge in [-0.2, -0.15) is 0 Å². The van der Waals surface area contributed by atoms with E-state index in [9.17, 15) is 4.79 Å². The quantitative estimate of drug-likeness (QED) is 0.745. The van der Waals surface area contributed by atoms with Gasteiger partial charge in [-0.3, -0.25) is 4.79 Å². The zero-order valence-electron chi connectivity index (χ0n) is 13.6. The van der Waals surface area contributed by atoms with Crippen LogP contribution in [0.25, 0.3) is 0 Å². The van der Waals surface area contributed by atoms with E-state index >= 15 is 0 Å². The number of ether oxygens (including phenoxy) is 3. The molecular weight excluding hydrogens is 328 g/mol. The highest BCUT2D eigenvalue weighted by atomic mass is 35.5. The minimum absolute atomic E-state index is 0.121. The molecule has 1 atom stereocenters. The van der Waals surface area contributed by atoms with Crippen LogP contribution < -0.4 is 9.47 Å². The van der Waals surface area contributed by atoms with Gasteiger partial charge < -0.3 is 14.2 Å². The number of benzene rings is 2. The molecule has 0 radical (unpaired) electrons. The fourth-order valence-corrected chi connectivity index (χ4v) is 2.86. The first kappa shape index (κ1) is 16.7. The second kappa shape index (κ2) is 7.14. The van der Waals surface area contributed by atoms with Gasteiger partial charge in [-0.15, -0.1) is 0 Å². The van der Waals surface area contributed by atoms with E-state index in [4.69, 9.17) is 25.8 Å². The Balaban J connectivity index is 1.68. The van der Waals surface area contributed by atoms with Crippen LogP contribution in [0.2, 0.25) is 5.02 Å². The molecule has 0 fully saturated rings. The lowest BCUT2D eigenvalue weighted by atomic mass is 9.88. The molecule has 0 aromatic heterocycles. The van der Waals surface area contributed by atoms with Gasteiger partial charge in [-0.25, -0.2) is 0 Å². The fraction of sp³-hybridized carbons (Fsp3) is 0.316. The molecule has 126 valence electrons. The molecule has 1 heterocycles. The molecule has 24 heavy (non-hydrogen) atoms. The summed E-state index contributed by atoms with van der Waals surface area (Å²) in [7, 11) is 0. The fourth-order valence-electron chi connectivity index (χ4n) is 2.74. The van der Waals surface area contributed by atoms with E-state index in [2.05, 4.69) is 0 Å². The molecule has 0 spiro atoms. The Morgan fingerprint density at radius 2 is 1.83 bits per heavy atom. The van der Waals surface area contributed by atoms with Crippen LogP contribution >= 0.6 is 11.6 Å². The van der Waals surface area contributed by atoms with E-state index in [0.29, 0.717) is 16.5 Å². The van der Waals surface area contributed by atoms with Crippen LogP contribution in [-0.4, -0.2) is 12.8 Å². The van der Waals surface area contributed by atoms with Crippen LogP contribution in [0.15, 0.2) is 42.5 Å². The van der Waals surface area contributed by atoms with Gasteiger partial charge in [-0.1, -0.05) is 43.6 Å². The summed E-state index contributed by atoms with van der Waals surface area (Å²) >= 11 is 5.92. The summed E-state index contributed by atoms with van der Waals surface area (Å²) in [5.41, 5.74) is 1.77. The van der Waals surface area contributed by atoms with Crippen molar-refractivity contribution in [2.75, 3.05) is 6.79 Å². The second-order valence-electron chi connectivity index (χ2n) is 6.07. The molecule has 2 aromatic carbocycles. The van der Waals surface area contributed by atoms with Crippen LogP contribution in [0.3, 0.4) is 0 Å². The van der Waals surface area contributed by atoms with Crippen molar-refractivity contribution in [1.29, 1.82) is 0 Å². The lowest BCUT2D eigenvalue weighted by Gasteiger charge is -2.20. The van der Waals surface area contributed by atoms with E-state index in [-0.39, 0.29) is 31.2 Å². The third-order valence-corrected chi connectivity index (χ3v) is 4.22. The number of fused-ring (bicyclic) bond motifs is 1. The van der Waals surface area contributed by atoms with Gasteiger partial charge in [0.05, 0.1) is 5.92 Å². The number of carbonyl (C=O) groups excluding carboxylic acids is 1. The van der Waals surface area contributed by atoms with Gasteiger partial charge in [0.2, 0.25) is 6.79 Å². The average molecular weight is 347 g/mol. The first-order chi connectivity index (χ1) is 11.5. The van der Waals surface area contributed by atoms with Gasteiger partial charge in [0.25, 0.3) is 0 Å². The monoisotopic (exact) mass is 346 g/mol. The molecule has 4 nitrogen and oxygen atoms in total. The number of hydrogen-bond acceptors (Lipinski definition) is 4. The molecule has 0 unspecified atom stereocenters. The lowest BCUT2D eigenvalue weighted by Crippen LogP contribution is -2.20. The Morgan fingerprint density at radius 1 is 1.12 bits per heavy atom. The van der Waals surface area contributed by atoms with Crippen molar-refractivity contribution >= 4 is 17.6 Å². The highest BCUT2D eigenvalue weighted by molar-refractivity contribution is 6.30. The Morgan fingerprint density at radius 3 is 2.54 bits per heavy atom. The lowest BCUT2D eigenvalue weighted by molar-refractivity contribution is -0.148. The number of esters is 1. The van der Waals surface area contributed by atoms with E-state index in [1.54, 1.807) is 12.1 Å². The third kappa shape index (κ3) is 3.65. The molecule has 3 rings (SSSR count). The van der Waals surface area contributed by atoms with Gasteiger partial charge in [0.15, 0.2) is 11.5 Å². The van der Waals surface area contributed by atoms with Crippen molar-refractivity contribution in [3.8, 4) is 11.5 Å². The van der Waals surface area contributed by atoms with Crippen molar-refractivity contribution in [3.63, 3.8) is 0 Å². The Bertz CT molecular complexity index is 725. The summed E-state index contributed by atoms with van der Waals surface area (Å²) in [6.07, 6.45) is 0. The molecule has 2 aromatic rings. The molecule has 0 bridgehead atoms. The predicted molar refractivity (Wildman–Crippen MR) is 91.4 cm³/mol. The highest BCUT2D eigenvalue weighted by Crippen LogP contribution is 2.33. The van der Waals surface area contributed by atoms with Gasteiger partial charge in [0.1, 0.15) is 6.61 Å². The number of rotatable bonds is 5. The molecule has 0 saturated heterocycles. The highest BCUT2D eigenvalue weighted by Gasteiger charge is 2.26. The van der Waals surface area contributed by atoms with Crippen molar-refractivity contribution in [1.82, 2.24) is 0 Å². The third-order valence-electron chi connectivity index (χ3n) is 3.97. The van der Waals surface area contributed by atoms with Crippen molar-refractivity contribution in [3.05, 3.63) is 58.6 Å². The first-order valence-corrected chi connectivity index (χ1v) is 8.23. The van der Waals surface area contributed by atoms with Gasteiger partial charge in [-0.05, 0) is 41.3 Å². The van der Waals surface area contributed by atoms with Crippen LogP contribution in [0.1, 0.15) is 30.9 Å². The van der Waals surface area contributed by atoms with E-state index in [1.807, 2.05) is 44.2 Å². The summed E-state index contributed by atoms with van der Waals surface area (Å²) in [6.45, 7) is 4.43. The largest absolute Gasteiger partial charge is 0.460 e. The van der Waals surface area contributed by atoms with Crippen LogP contribution in [0.4, 0.5) is 0 Å². The summed E-state index contributed by atoms with van der Waals surface area (Å²) < 4.78 is 16.1. The average Bonchev–Trinajstić information content (AvgIpc) is 3.02. The minimum Gasteiger partial charge on any atom is -0.460 e. The standard InChI is InChI=1S/C19H19ClO4/c1-12(2)18(14-4-6-15(20)7-5-14)19(21)22-10-13-3-8-16-17(9-13)24-11-23-16/h3-9,12,18H,10-11H2,1-2H3/t18-/m1/s1. The molecule has 5 heteroatoms. The summed E-state index contributed by atoms with van der Waals surface area (Å²) in [5.74, 6) is 0.949.